The first-order valence-electron chi connectivity index (χ1n) is 6.17. The molecule has 100 valence electrons. The van der Waals surface area contributed by atoms with Crippen LogP contribution in [0.2, 0.25) is 0 Å². The number of rotatable bonds is 3. The maximum atomic E-state index is 11.1. The fourth-order valence-corrected chi connectivity index (χ4v) is 2.59. The molecule has 2 rings (SSSR count). The van der Waals surface area contributed by atoms with Crippen LogP contribution in [0.3, 0.4) is 0 Å². The van der Waals surface area contributed by atoms with E-state index in [1.54, 1.807) is 12.1 Å². The zero-order valence-corrected chi connectivity index (χ0v) is 11.5. The average Bonchev–Trinajstić information content (AvgIpc) is 2.72. The van der Waals surface area contributed by atoms with E-state index < -0.39 is 4.92 Å². The first-order chi connectivity index (χ1) is 8.71. The quantitative estimate of drug-likeness (QED) is 0.667. The Morgan fingerprint density at radius 2 is 1.89 bits per heavy atom. The van der Waals surface area contributed by atoms with Crippen molar-refractivity contribution in [1.29, 1.82) is 5.26 Å². The van der Waals surface area contributed by atoms with Crippen molar-refractivity contribution in [2.75, 3.05) is 5.32 Å². The summed E-state index contributed by atoms with van der Waals surface area (Å²) in [7, 11) is 0. The van der Waals surface area contributed by atoms with E-state index in [1.165, 1.54) is 6.07 Å². The summed E-state index contributed by atoms with van der Waals surface area (Å²) in [5.41, 5.74) is 0.917. The van der Waals surface area contributed by atoms with Gasteiger partial charge in [-0.1, -0.05) is 27.7 Å². The highest BCUT2D eigenvalue weighted by atomic mass is 16.6. The highest BCUT2D eigenvalue weighted by Crippen LogP contribution is 2.64. The molecule has 1 fully saturated rings. The number of nitro benzene ring substituents is 1. The van der Waals surface area contributed by atoms with Crippen LogP contribution in [0, 0.1) is 32.3 Å². The fourth-order valence-electron chi connectivity index (χ4n) is 2.59. The first kappa shape index (κ1) is 13.3. The number of nitrogens with one attached hydrogen (secondary N) is 1. The maximum Gasteiger partial charge on any atom is 0.293 e. The Bertz CT molecular complexity index is 571. The Labute approximate surface area is 112 Å². The number of nitriles is 1. The van der Waals surface area contributed by atoms with Crippen LogP contribution < -0.4 is 5.32 Å². The smallest absolute Gasteiger partial charge is 0.293 e. The molecule has 0 unspecified atom stereocenters. The molecule has 0 spiro atoms. The molecule has 0 aromatic heterocycles. The van der Waals surface area contributed by atoms with Crippen LogP contribution in [-0.4, -0.2) is 11.0 Å². The van der Waals surface area contributed by atoms with Gasteiger partial charge in [0.1, 0.15) is 5.69 Å². The molecule has 5 nitrogen and oxygen atoms in total. The Balaban J connectivity index is 2.33. The zero-order chi connectivity index (χ0) is 14.4. The van der Waals surface area contributed by atoms with Crippen LogP contribution in [0.4, 0.5) is 11.4 Å². The minimum absolute atomic E-state index is 0.0439. The summed E-state index contributed by atoms with van der Waals surface area (Å²) in [5, 5.41) is 23.1. The Morgan fingerprint density at radius 3 is 2.32 bits per heavy atom. The number of nitro groups is 1. The largest absolute Gasteiger partial charge is 0.376 e. The molecular weight excluding hydrogens is 242 g/mol. The van der Waals surface area contributed by atoms with Gasteiger partial charge in [0.25, 0.3) is 5.69 Å². The van der Waals surface area contributed by atoms with Crippen molar-refractivity contribution in [3.05, 3.63) is 33.9 Å². The Hall–Kier alpha value is -2.09. The SMILES string of the molecule is CC1(C)C(Nc2ccc(C#N)cc2[N+](=O)[O-])C1(C)C. The number of hydrogen-bond donors (Lipinski definition) is 1. The lowest BCUT2D eigenvalue weighted by atomic mass is 10.0. The second kappa shape index (κ2) is 3.95. The van der Waals surface area contributed by atoms with E-state index in [2.05, 4.69) is 33.0 Å². The highest BCUT2D eigenvalue weighted by Gasteiger charge is 2.65. The Morgan fingerprint density at radius 1 is 1.32 bits per heavy atom. The number of hydrogen-bond acceptors (Lipinski definition) is 4. The van der Waals surface area contributed by atoms with Crippen LogP contribution in [0.25, 0.3) is 0 Å². The molecule has 1 saturated carbocycles. The molecule has 19 heavy (non-hydrogen) atoms. The van der Waals surface area contributed by atoms with Gasteiger partial charge in [-0.25, -0.2) is 0 Å². The number of nitrogens with zero attached hydrogens (tertiary/aromatic N) is 2. The van der Waals surface area contributed by atoms with E-state index in [-0.39, 0.29) is 22.6 Å². The minimum Gasteiger partial charge on any atom is -0.376 e. The number of anilines is 1. The zero-order valence-electron chi connectivity index (χ0n) is 11.5. The van der Waals surface area contributed by atoms with Crippen LogP contribution in [-0.2, 0) is 0 Å². The monoisotopic (exact) mass is 259 g/mol. The topological polar surface area (TPSA) is 79.0 Å². The third-order valence-electron chi connectivity index (χ3n) is 4.64. The average molecular weight is 259 g/mol. The van der Waals surface area contributed by atoms with Gasteiger partial charge in [0.05, 0.1) is 16.6 Å². The van der Waals surface area contributed by atoms with Crippen molar-refractivity contribution in [2.45, 2.75) is 33.7 Å². The normalized spacial score (nSPS) is 19.5. The molecule has 1 aliphatic rings. The standard InChI is InChI=1S/C14H17N3O2/c1-13(2)12(14(13,3)4)16-10-6-5-9(8-15)7-11(10)17(18)19/h5-7,12,16H,1-4H3. The van der Waals surface area contributed by atoms with E-state index in [0.717, 1.165) is 0 Å². The van der Waals surface area contributed by atoms with Crippen molar-refractivity contribution < 1.29 is 4.92 Å². The van der Waals surface area contributed by atoms with E-state index >= 15 is 0 Å². The predicted molar refractivity (Wildman–Crippen MR) is 72.8 cm³/mol. The molecule has 1 N–H and O–H groups in total. The van der Waals surface area contributed by atoms with Crippen LogP contribution >= 0.6 is 0 Å². The van der Waals surface area contributed by atoms with E-state index in [9.17, 15) is 10.1 Å². The van der Waals surface area contributed by atoms with Gasteiger partial charge in [-0.05, 0) is 23.0 Å². The summed E-state index contributed by atoms with van der Waals surface area (Å²) in [5.74, 6) is 0. The molecule has 1 aromatic carbocycles. The summed E-state index contributed by atoms with van der Waals surface area (Å²) in [6.45, 7) is 8.56. The number of benzene rings is 1. The van der Waals surface area contributed by atoms with E-state index in [4.69, 9.17) is 5.26 Å². The van der Waals surface area contributed by atoms with Crippen molar-refractivity contribution in [3.63, 3.8) is 0 Å². The lowest BCUT2D eigenvalue weighted by Crippen LogP contribution is -2.11. The molecule has 1 aromatic rings. The van der Waals surface area contributed by atoms with Gasteiger partial charge in [-0.15, -0.1) is 0 Å². The van der Waals surface area contributed by atoms with Gasteiger partial charge in [0, 0.05) is 12.1 Å². The molecule has 0 radical (unpaired) electrons. The molecule has 0 bridgehead atoms. The van der Waals surface area contributed by atoms with E-state index in [1.807, 2.05) is 6.07 Å². The summed E-state index contributed by atoms with van der Waals surface area (Å²) >= 11 is 0. The van der Waals surface area contributed by atoms with Gasteiger partial charge in [-0.3, -0.25) is 10.1 Å². The summed E-state index contributed by atoms with van der Waals surface area (Å²) in [6.07, 6.45) is 0. The van der Waals surface area contributed by atoms with Crippen molar-refractivity contribution in [3.8, 4) is 6.07 Å². The van der Waals surface area contributed by atoms with E-state index in [0.29, 0.717) is 11.3 Å². The molecule has 5 heteroatoms. The van der Waals surface area contributed by atoms with Crippen molar-refractivity contribution in [1.82, 2.24) is 0 Å². The van der Waals surface area contributed by atoms with Crippen LogP contribution in [0.1, 0.15) is 33.3 Å². The van der Waals surface area contributed by atoms with Crippen LogP contribution in [0.15, 0.2) is 18.2 Å². The predicted octanol–water partition coefficient (Wildman–Crippen LogP) is 3.31. The lowest BCUT2D eigenvalue weighted by Gasteiger charge is -2.09. The second-order valence-corrected chi connectivity index (χ2v) is 6.12. The van der Waals surface area contributed by atoms with Crippen molar-refractivity contribution in [2.24, 2.45) is 10.8 Å². The van der Waals surface area contributed by atoms with Gasteiger partial charge in [-0.2, -0.15) is 5.26 Å². The lowest BCUT2D eigenvalue weighted by molar-refractivity contribution is -0.384. The van der Waals surface area contributed by atoms with Gasteiger partial charge >= 0.3 is 0 Å². The fraction of sp³-hybridized carbons (Fsp3) is 0.500. The molecule has 0 aliphatic heterocycles. The maximum absolute atomic E-state index is 11.1. The van der Waals surface area contributed by atoms with Crippen LogP contribution in [0.5, 0.6) is 0 Å². The third-order valence-corrected chi connectivity index (χ3v) is 4.64. The first-order valence-corrected chi connectivity index (χ1v) is 6.17. The molecule has 0 atom stereocenters. The summed E-state index contributed by atoms with van der Waals surface area (Å²) in [6, 6.07) is 6.62. The van der Waals surface area contributed by atoms with Gasteiger partial charge in [0.15, 0.2) is 0 Å². The molecule has 0 amide bonds. The highest BCUT2D eigenvalue weighted by molar-refractivity contribution is 5.65. The minimum atomic E-state index is -0.453. The second-order valence-electron chi connectivity index (χ2n) is 6.12. The third kappa shape index (κ3) is 1.93. The molecule has 1 aliphatic carbocycles. The summed E-state index contributed by atoms with van der Waals surface area (Å²) < 4.78 is 0. The Kier molecular flexibility index (Phi) is 2.78. The van der Waals surface area contributed by atoms with Gasteiger partial charge < -0.3 is 5.32 Å². The summed E-state index contributed by atoms with van der Waals surface area (Å²) in [4.78, 5) is 10.6. The molecular formula is C14H17N3O2. The molecule has 0 heterocycles. The molecule has 0 saturated heterocycles. The van der Waals surface area contributed by atoms with Gasteiger partial charge in [0.2, 0.25) is 0 Å². The van der Waals surface area contributed by atoms with Crippen molar-refractivity contribution >= 4 is 11.4 Å².